The lowest BCUT2D eigenvalue weighted by Gasteiger charge is -2.06. The summed E-state index contributed by atoms with van der Waals surface area (Å²) in [5.74, 6) is 0.221. The van der Waals surface area contributed by atoms with E-state index in [0.29, 0.717) is 15.9 Å². The number of carbonyl (C=O) groups excluding carboxylic acids is 1. The predicted molar refractivity (Wildman–Crippen MR) is 94.7 cm³/mol. The van der Waals surface area contributed by atoms with Crippen LogP contribution in [0.15, 0.2) is 36.4 Å². The smallest absolute Gasteiger partial charge is 0.264 e. The number of benzene rings is 2. The normalized spacial score (nSPS) is 10.7. The fourth-order valence-electron chi connectivity index (χ4n) is 2.28. The number of aromatic nitrogens is 1. The third-order valence-electron chi connectivity index (χ3n) is 3.27. The van der Waals surface area contributed by atoms with Crippen molar-refractivity contribution in [3.8, 4) is 5.75 Å². The highest BCUT2D eigenvalue weighted by molar-refractivity contribution is 7.22. The molecule has 0 radical (unpaired) electrons. The zero-order chi connectivity index (χ0) is 16.4. The van der Waals surface area contributed by atoms with Gasteiger partial charge in [-0.05, 0) is 43.2 Å². The molecule has 3 rings (SSSR count). The Morgan fingerprint density at radius 2 is 2.09 bits per heavy atom. The van der Waals surface area contributed by atoms with Crippen LogP contribution in [0.3, 0.4) is 0 Å². The van der Waals surface area contributed by atoms with Gasteiger partial charge in [0.2, 0.25) is 0 Å². The lowest BCUT2D eigenvalue weighted by atomic mass is 10.1. The molecule has 1 amide bonds. The highest BCUT2D eigenvalue weighted by atomic mass is 35.5. The van der Waals surface area contributed by atoms with Crippen LogP contribution in [-0.2, 0) is 4.79 Å². The Morgan fingerprint density at radius 3 is 2.87 bits per heavy atom. The number of halogens is 1. The van der Waals surface area contributed by atoms with E-state index >= 15 is 0 Å². The average Bonchev–Trinajstić information content (AvgIpc) is 2.89. The summed E-state index contributed by atoms with van der Waals surface area (Å²) in [4.78, 5) is 16.5. The quantitative estimate of drug-likeness (QED) is 0.752. The molecule has 0 atom stereocenters. The molecule has 23 heavy (non-hydrogen) atoms. The predicted octanol–water partition coefficient (Wildman–Crippen LogP) is 4.58. The van der Waals surface area contributed by atoms with Crippen molar-refractivity contribution in [2.24, 2.45) is 0 Å². The number of rotatable bonds is 4. The van der Waals surface area contributed by atoms with Crippen LogP contribution >= 0.6 is 22.9 Å². The summed E-state index contributed by atoms with van der Waals surface area (Å²) in [5.41, 5.74) is 3.20. The number of carbonyl (C=O) groups is 1. The van der Waals surface area contributed by atoms with Gasteiger partial charge in [0, 0.05) is 0 Å². The molecule has 0 aliphatic rings. The maximum atomic E-state index is 12.0. The van der Waals surface area contributed by atoms with Crippen LogP contribution < -0.4 is 10.1 Å². The molecule has 2 aromatic carbocycles. The van der Waals surface area contributed by atoms with Crippen molar-refractivity contribution in [3.05, 3.63) is 52.5 Å². The van der Waals surface area contributed by atoms with E-state index in [9.17, 15) is 4.79 Å². The first-order valence-corrected chi connectivity index (χ1v) is 8.27. The van der Waals surface area contributed by atoms with Crippen molar-refractivity contribution in [3.63, 3.8) is 0 Å². The minimum atomic E-state index is -0.265. The van der Waals surface area contributed by atoms with E-state index in [0.717, 1.165) is 15.8 Å². The fourth-order valence-corrected chi connectivity index (χ4v) is 3.53. The Balaban J connectivity index is 1.68. The maximum Gasteiger partial charge on any atom is 0.264 e. The molecule has 1 heterocycles. The number of thiazole rings is 1. The van der Waals surface area contributed by atoms with Crippen LogP contribution in [0.1, 0.15) is 11.1 Å². The number of ether oxygens (including phenoxy) is 1. The van der Waals surface area contributed by atoms with Crippen LogP contribution in [0.2, 0.25) is 5.02 Å². The number of amides is 1. The van der Waals surface area contributed by atoms with Crippen LogP contribution in [0.25, 0.3) is 10.2 Å². The van der Waals surface area contributed by atoms with Gasteiger partial charge in [0.15, 0.2) is 11.7 Å². The van der Waals surface area contributed by atoms with Gasteiger partial charge in [-0.25, -0.2) is 4.98 Å². The zero-order valence-electron chi connectivity index (χ0n) is 12.7. The highest BCUT2D eigenvalue weighted by Gasteiger charge is 2.11. The van der Waals surface area contributed by atoms with Gasteiger partial charge in [-0.1, -0.05) is 41.1 Å². The van der Waals surface area contributed by atoms with Gasteiger partial charge < -0.3 is 4.74 Å². The molecular weight excluding hydrogens is 332 g/mol. The van der Waals surface area contributed by atoms with Gasteiger partial charge in [-0.3, -0.25) is 10.1 Å². The Kier molecular flexibility index (Phi) is 4.50. The molecule has 0 aliphatic heterocycles. The molecule has 6 heteroatoms. The van der Waals surface area contributed by atoms with Gasteiger partial charge in [-0.15, -0.1) is 0 Å². The lowest BCUT2D eigenvalue weighted by molar-refractivity contribution is -0.118. The first-order chi connectivity index (χ1) is 11.0. The monoisotopic (exact) mass is 346 g/mol. The van der Waals surface area contributed by atoms with Crippen LogP contribution in [0, 0.1) is 13.8 Å². The molecule has 0 bridgehead atoms. The van der Waals surface area contributed by atoms with Crippen LogP contribution in [0.4, 0.5) is 5.13 Å². The third kappa shape index (κ3) is 3.63. The summed E-state index contributed by atoms with van der Waals surface area (Å²) in [6.45, 7) is 3.95. The second-order valence-corrected chi connectivity index (χ2v) is 6.65. The molecule has 118 valence electrons. The lowest BCUT2D eigenvalue weighted by Crippen LogP contribution is -2.20. The van der Waals surface area contributed by atoms with E-state index in [1.165, 1.54) is 16.9 Å². The third-order valence-corrected chi connectivity index (χ3v) is 4.50. The van der Waals surface area contributed by atoms with E-state index in [2.05, 4.69) is 22.4 Å². The number of fused-ring (bicyclic) bond motifs is 1. The SMILES string of the molecule is Cc1cc(C)c2nc(NC(=O)COc3ccccc3Cl)sc2c1. The number of nitrogens with one attached hydrogen (secondary N) is 1. The average molecular weight is 347 g/mol. The molecule has 4 nitrogen and oxygen atoms in total. The summed E-state index contributed by atoms with van der Waals surface area (Å²) in [7, 11) is 0. The second-order valence-electron chi connectivity index (χ2n) is 5.21. The van der Waals surface area contributed by atoms with E-state index in [-0.39, 0.29) is 12.5 Å². The second kappa shape index (κ2) is 6.56. The molecule has 3 aromatic rings. The molecule has 0 saturated carbocycles. The van der Waals surface area contributed by atoms with Gasteiger partial charge in [0.1, 0.15) is 5.75 Å². The highest BCUT2D eigenvalue weighted by Crippen LogP contribution is 2.29. The number of nitrogens with zero attached hydrogens (tertiary/aromatic N) is 1. The van der Waals surface area contributed by atoms with Crippen LogP contribution in [0.5, 0.6) is 5.75 Å². The summed E-state index contributed by atoms with van der Waals surface area (Å²) in [6.07, 6.45) is 0. The Labute approximate surface area is 143 Å². The van der Waals surface area contributed by atoms with Crippen molar-refractivity contribution in [2.75, 3.05) is 11.9 Å². The van der Waals surface area contributed by atoms with Crippen LogP contribution in [-0.4, -0.2) is 17.5 Å². The van der Waals surface area contributed by atoms with Gasteiger partial charge in [0.25, 0.3) is 5.91 Å². The summed E-state index contributed by atoms with van der Waals surface area (Å²) in [5, 5.41) is 3.82. The van der Waals surface area contributed by atoms with Gasteiger partial charge in [-0.2, -0.15) is 0 Å². The molecule has 0 spiro atoms. The zero-order valence-corrected chi connectivity index (χ0v) is 14.3. The Hall–Kier alpha value is -2.11. The van der Waals surface area contributed by atoms with Crippen molar-refractivity contribution >= 4 is 44.2 Å². The summed E-state index contributed by atoms with van der Waals surface area (Å²) in [6, 6.07) is 11.2. The maximum absolute atomic E-state index is 12.0. The van der Waals surface area contributed by atoms with Crippen molar-refractivity contribution in [1.29, 1.82) is 0 Å². The molecule has 0 fully saturated rings. The van der Waals surface area contributed by atoms with Crippen molar-refractivity contribution < 1.29 is 9.53 Å². The molecule has 0 unspecified atom stereocenters. The van der Waals surface area contributed by atoms with E-state index in [1.807, 2.05) is 13.8 Å². The number of hydrogen-bond acceptors (Lipinski definition) is 4. The standard InChI is InChI=1S/C17H15ClN2O2S/c1-10-7-11(2)16-14(8-10)23-17(20-16)19-15(21)9-22-13-6-4-3-5-12(13)18/h3-8H,9H2,1-2H3,(H,19,20,21). The van der Waals surface area contributed by atoms with Crippen molar-refractivity contribution in [2.45, 2.75) is 13.8 Å². The Bertz CT molecular complexity index is 876. The molecule has 0 saturated heterocycles. The first kappa shape index (κ1) is 15.8. The summed E-state index contributed by atoms with van der Waals surface area (Å²) < 4.78 is 6.48. The minimum absolute atomic E-state index is 0.113. The topological polar surface area (TPSA) is 51.2 Å². The summed E-state index contributed by atoms with van der Waals surface area (Å²) >= 11 is 7.44. The van der Waals surface area contributed by atoms with Crippen molar-refractivity contribution in [1.82, 2.24) is 4.98 Å². The fraction of sp³-hybridized carbons (Fsp3) is 0.176. The van der Waals surface area contributed by atoms with E-state index in [1.54, 1.807) is 24.3 Å². The molecule has 1 N–H and O–H groups in total. The number of aryl methyl sites for hydroxylation is 2. The Morgan fingerprint density at radius 1 is 1.30 bits per heavy atom. The number of para-hydroxylation sites is 1. The number of anilines is 1. The van der Waals surface area contributed by atoms with Gasteiger partial charge in [0.05, 0.1) is 15.2 Å². The molecule has 0 aliphatic carbocycles. The molecule has 1 aromatic heterocycles. The van der Waals surface area contributed by atoms with E-state index in [4.69, 9.17) is 16.3 Å². The largest absolute Gasteiger partial charge is 0.482 e. The number of hydrogen-bond donors (Lipinski definition) is 1. The minimum Gasteiger partial charge on any atom is -0.482 e. The van der Waals surface area contributed by atoms with Gasteiger partial charge >= 0.3 is 0 Å². The first-order valence-electron chi connectivity index (χ1n) is 7.08. The molecular formula is C17H15ClN2O2S. The van der Waals surface area contributed by atoms with E-state index < -0.39 is 0 Å².